The zero-order chi connectivity index (χ0) is 15.9. The molecule has 3 nitrogen and oxygen atoms in total. The normalized spacial score (nSPS) is 23.4. The zero-order valence-electron chi connectivity index (χ0n) is 14.5. The predicted molar refractivity (Wildman–Crippen MR) is 91.5 cm³/mol. The molecule has 0 radical (unpaired) electrons. The highest BCUT2D eigenvalue weighted by Crippen LogP contribution is 2.51. The van der Waals surface area contributed by atoms with Crippen LogP contribution in [0.25, 0.3) is 0 Å². The first-order chi connectivity index (χ1) is 9.59. The second-order valence-electron chi connectivity index (χ2n) is 8.50. The molecule has 0 unspecified atom stereocenters. The van der Waals surface area contributed by atoms with Gasteiger partial charge in [0.05, 0.1) is 11.2 Å². The number of hydrogen-bond acceptors (Lipinski definition) is 4. The summed E-state index contributed by atoms with van der Waals surface area (Å²) in [6.45, 7) is 13.4. The van der Waals surface area contributed by atoms with E-state index >= 15 is 0 Å². The van der Waals surface area contributed by atoms with E-state index in [1.807, 2.05) is 5.51 Å². The summed E-state index contributed by atoms with van der Waals surface area (Å²) in [6, 6.07) is 0. The molecule has 4 heteroatoms. The van der Waals surface area contributed by atoms with Gasteiger partial charge in [0.1, 0.15) is 0 Å². The first kappa shape index (κ1) is 16.9. The number of aromatic nitrogens is 1. The van der Waals surface area contributed by atoms with Gasteiger partial charge in [0.15, 0.2) is 0 Å². The van der Waals surface area contributed by atoms with Crippen molar-refractivity contribution in [2.24, 2.45) is 16.6 Å². The SMILES string of the molecule is Cc1ncsc1CN(C)C1(CN)CC(C)(C)CC(C)(C)C1. The van der Waals surface area contributed by atoms with E-state index in [1.165, 1.54) is 24.1 Å². The van der Waals surface area contributed by atoms with Gasteiger partial charge in [0, 0.05) is 23.5 Å². The molecule has 0 spiro atoms. The smallest absolute Gasteiger partial charge is 0.0798 e. The van der Waals surface area contributed by atoms with E-state index < -0.39 is 0 Å². The minimum Gasteiger partial charge on any atom is -0.329 e. The van der Waals surface area contributed by atoms with Crippen molar-refractivity contribution in [3.05, 3.63) is 16.1 Å². The maximum absolute atomic E-state index is 6.29. The van der Waals surface area contributed by atoms with Gasteiger partial charge in [-0.05, 0) is 44.1 Å². The fourth-order valence-corrected chi connectivity index (χ4v) is 5.53. The third-order valence-corrected chi connectivity index (χ3v) is 5.91. The maximum atomic E-state index is 6.29. The third kappa shape index (κ3) is 3.66. The fourth-order valence-electron chi connectivity index (χ4n) is 4.70. The van der Waals surface area contributed by atoms with Crippen LogP contribution in [0.3, 0.4) is 0 Å². The average Bonchev–Trinajstić information content (AvgIpc) is 2.71. The molecule has 2 rings (SSSR count). The van der Waals surface area contributed by atoms with Gasteiger partial charge in [-0.25, -0.2) is 4.98 Å². The Morgan fingerprint density at radius 2 is 1.76 bits per heavy atom. The van der Waals surface area contributed by atoms with Crippen LogP contribution in [0.4, 0.5) is 0 Å². The summed E-state index contributed by atoms with van der Waals surface area (Å²) >= 11 is 1.76. The number of likely N-dealkylation sites (N-methyl/N-ethyl adjacent to an activating group) is 1. The Balaban J connectivity index is 2.25. The van der Waals surface area contributed by atoms with E-state index in [0.717, 1.165) is 18.8 Å². The molecule has 0 amide bonds. The van der Waals surface area contributed by atoms with Crippen molar-refractivity contribution >= 4 is 11.3 Å². The van der Waals surface area contributed by atoms with Gasteiger partial charge in [-0.2, -0.15) is 0 Å². The largest absolute Gasteiger partial charge is 0.329 e. The molecule has 1 heterocycles. The number of rotatable bonds is 4. The maximum Gasteiger partial charge on any atom is 0.0798 e. The van der Waals surface area contributed by atoms with Gasteiger partial charge in [-0.15, -0.1) is 11.3 Å². The predicted octanol–water partition coefficient (Wildman–Crippen LogP) is 3.82. The van der Waals surface area contributed by atoms with Crippen molar-refractivity contribution in [2.75, 3.05) is 13.6 Å². The highest BCUT2D eigenvalue weighted by molar-refractivity contribution is 7.09. The molecule has 1 saturated carbocycles. The Morgan fingerprint density at radius 3 is 2.19 bits per heavy atom. The standard InChI is InChI=1S/C17H31N3S/c1-13-14(21-12-19-13)7-20(6)17(11-18)9-15(2,3)8-16(4,5)10-17/h12H,7-11,18H2,1-6H3. The lowest BCUT2D eigenvalue weighted by Crippen LogP contribution is -2.59. The fraction of sp³-hybridized carbons (Fsp3) is 0.824. The molecule has 2 N–H and O–H groups in total. The molecular weight excluding hydrogens is 278 g/mol. The molecular formula is C17H31N3S. The zero-order valence-corrected chi connectivity index (χ0v) is 15.3. The van der Waals surface area contributed by atoms with Crippen LogP contribution in [0.2, 0.25) is 0 Å². The van der Waals surface area contributed by atoms with Crippen molar-refractivity contribution in [2.45, 2.75) is 66.0 Å². The molecule has 0 saturated heterocycles. The number of thiazole rings is 1. The lowest BCUT2D eigenvalue weighted by atomic mass is 9.58. The molecule has 0 atom stereocenters. The lowest BCUT2D eigenvalue weighted by Gasteiger charge is -2.55. The lowest BCUT2D eigenvalue weighted by molar-refractivity contribution is -0.0353. The summed E-state index contributed by atoms with van der Waals surface area (Å²) in [5, 5.41) is 0. The van der Waals surface area contributed by atoms with Crippen LogP contribution in [-0.2, 0) is 6.54 Å². The second-order valence-corrected chi connectivity index (χ2v) is 9.44. The first-order valence-corrected chi connectivity index (χ1v) is 8.78. The van der Waals surface area contributed by atoms with Gasteiger partial charge >= 0.3 is 0 Å². The number of hydrogen-bond donors (Lipinski definition) is 1. The highest BCUT2D eigenvalue weighted by atomic mass is 32.1. The molecule has 0 aliphatic heterocycles. The first-order valence-electron chi connectivity index (χ1n) is 7.90. The summed E-state index contributed by atoms with van der Waals surface area (Å²) in [5.74, 6) is 0. The topological polar surface area (TPSA) is 42.2 Å². The molecule has 1 aliphatic carbocycles. The molecule has 1 fully saturated rings. The van der Waals surface area contributed by atoms with Gasteiger partial charge in [-0.1, -0.05) is 27.7 Å². The molecule has 0 bridgehead atoms. The molecule has 21 heavy (non-hydrogen) atoms. The average molecular weight is 310 g/mol. The monoisotopic (exact) mass is 309 g/mol. The summed E-state index contributed by atoms with van der Waals surface area (Å²) in [6.07, 6.45) is 3.62. The van der Waals surface area contributed by atoms with E-state index in [9.17, 15) is 0 Å². The summed E-state index contributed by atoms with van der Waals surface area (Å²) in [4.78, 5) is 8.24. The van der Waals surface area contributed by atoms with E-state index in [2.05, 4.69) is 51.6 Å². The summed E-state index contributed by atoms with van der Waals surface area (Å²) < 4.78 is 0. The van der Waals surface area contributed by atoms with Crippen LogP contribution in [0, 0.1) is 17.8 Å². The molecule has 1 aromatic rings. The van der Waals surface area contributed by atoms with Gasteiger partial charge in [0.25, 0.3) is 0 Å². The minimum absolute atomic E-state index is 0.0989. The van der Waals surface area contributed by atoms with E-state index in [1.54, 1.807) is 11.3 Å². The van der Waals surface area contributed by atoms with Crippen LogP contribution in [0.5, 0.6) is 0 Å². The molecule has 120 valence electrons. The van der Waals surface area contributed by atoms with Crippen LogP contribution >= 0.6 is 11.3 Å². The van der Waals surface area contributed by atoms with E-state index in [4.69, 9.17) is 5.73 Å². The van der Waals surface area contributed by atoms with Crippen LogP contribution in [0.15, 0.2) is 5.51 Å². The van der Waals surface area contributed by atoms with Crippen molar-refractivity contribution in [1.29, 1.82) is 0 Å². The Bertz CT molecular complexity index is 474. The van der Waals surface area contributed by atoms with Crippen molar-refractivity contribution in [1.82, 2.24) is 9.88 Å². The molecule has 0 aromatic carbocycles. The van der Waals surface area contributed by atoms with Crippen LogP contribution in [0.1, 0.15) is 57.5 Å². The van der Waals surface area contributed by atoms with Crippen molar-refractivity contribution < 1.29 is 0 Å². The van der Waals surface area contributed by atoms with Gasteiger partial charge in [-0.3, -0.25) is 4.90 Å². The Morgan fingerprint density at radius 1 is 1.19 bits per heavy atom. The van der Waals surface area contributed by atoms with E-state index in [0.29, 0.717) is 10.8 Å². The quantitative estimate of drug-likeness (QED) is 0.919. The Kier molecular flexibility index (Phi) is 4.54. The van der Waals surface area contributed by atoms with Crippen LogP contribution in [-0.4, -0.2) is 29.0 Å². The Labute approximate surface area is 133 Å². The van der Waals surface area contributed by atoms with Crippen LogP contribution < -0.4 is 5.73 Å². The number of nitrogens with two attached hydrogens (primary N) is 1. The highest BCUT2D eigenvalue weighted by Gasteiger charge is 2.48. The third-order valence-electron chi connectivity index (χ3n) is 4.99. The van der Waals surface area contributed by atoms with Gasteiger partial charge < -0.3 is 5.73 Å². The Hall–Kier alpha value is -0.450. The van der Waals surface area contributed by atoms with Gasteiger partial charge in [0.2, 0.25) is 0 Å². The van der Waals surface area contributed by atoms with E-state index in [-0.39, 0.29) is 5.54 Å². The molecule has 1 aromatic heterocycles. The number of aryl methyl sites for hydroxylation is 1. The van der Waals surface area contributed by atoms with Crippen molar-refractivity contribution in [3.63, 3.8) is 0 Å². The summed E-state index contributed by atoms with van der Waals surface area (Å²) in [5.41, 5.74) is 10.2. The molecule has 1 aliphatic rings. The second kappa shape index (κ2) is 5.64. The van der Waals surface area contributed by atoms with Crippen molar-refractivity contribution in [3.8, 4) is 0 Å². The summed E-state index contributed by atoms with van der Waals surface area (Å²) in [7, 11) is 2.24. The number of nitrogens with zero attached hydrogens (tertiary/aromatic N) is 2. The minimum atomic E-state index is 0.0989.